The van der Waals surface area contributed by atoms with E-state index in [4.69, 9.17) is 0 Å². The Morgan fingerprint density at radius 3 is 2.62 bits per heavy atom. The van der Waals surface area contributed by atoms with Crippen LogP contribution in [0.25, 0.3) is 22.0 Å². The number of fused-ring (bicyclic) bond motifs is 1. The lowest BCUT2D eigenvalue weighted by molar-refractivity contribution is -0.117. The Morgan fingerprint density at radius 1 is 1.10 bits per heavy atom. The van der Waals surface area contributed by atoms with Crippen molar-refractivity contribution in [3.63, 3.8) is 0 Å². The van der Waals surface area contributed by atoms with E-state index in [1.807, 2.05) is 31.4 Å². The predicted octanol–water partition coefficient (Wildman–Crippen LogP) is 3.07. The van der Waals surface area contributed by atoms with Gasteiger partial charge in [0.25, 0.3) is 11.1 Å². The van der Waals surface area contributed by atoms with Crippen LogP contribution >= 0.6 is 11.3 Å². The zero-order valence-corrected chi connectivity index (χ0v) is 16.7. The lowest BCUT2D eigenvalue weighted by atomic mass is 10.1. The molecule has 0 radical (unpaired) electrons. The lowest BCUT2D eigenvalue weighted by Gasteiger charge is -2.07. The Labute approximate surface area is 169 Å². The monoisotopic (exact) mass is 406 g/mol. The molecular weight excluding hydrogens is 388 g/mol. The average molecular weight is 406 g/mol. The summed E-state index contributed by atoms with van der Waals surface area (Å²) in [5.74, 6) is -0.445. The van der Waals surface area contributed by atoms with Crippen LogP contribution in [0.4, 0.5) is 5.13 Å². The minimum atomic E-state index is -0.445. The smallest absolute Gasteiger partial charge is 0.273 e. The molecule has 2 N–H and O–H groups in total. The number of thiazole rings is 1. The van der Waals surface area contributed by atoms with Crippen molar-refractivity contribution in [2.24, 2.45) is 0 Å². The van der Waals surface area contributed by atoms with Crippen molar-refractivity contribution < 1.29 is 4.79 Å². The number of H-pyrrole nitrogens is 1. The quantitative estimate of drug-likeness (QED) is 0.544. The largest absolute Gasteiger partial charge is 0.300 e. The standard InChI is InChI=1S/C21H18N4O3S/c1-12-7-8-14(9-13(12)2)17-11-29-21(22-17)23-18(26)10-25-20(28)16-6-4-3-5-15(16)19(27)24-25/h3-9,11H,10H2,1-2H3,(H,24,27)(H,22,23,26). The van der Waals surface area contributed by atoms with E-state index < -0.39 is 17.0 Å². The molecule has 2 aromatic carbocycles. The van der Waals surface area contributed by atoms with E-state index in [2.05, 4.69) is 21.5 Å². The summed E-state index contributed by atoms with van der Waals surface area (Å²) in [6, 6.07) is 12.6. The van der Waals surface area contributed by atoms with Gasteiger partial charge in [0.1, 0.15) is 6.54 Å². The van der Waals surface area contributed by atoms with Crippen molar-refractivity contribution in [3.05, 3.63) is 79.7 Å². The van der Waals surface area contributed by atoms with Crippen molar-refractivity contribution in [2.45, 2.75) is 20.4 Å². The number of hydrogen-bond donors (Lipinski definition) is 2. The van der Waals surface area contributed by atoms with Gasteiger partial charge in [0, 0.05) is 10.9 Å². The molecule has 0 aliphatic carbocycles. The first kappa shape index (κ1) is 18.8. The number of nitrogens with zero attached hydrogens (tertiary/aromatic N) is 2. The predicted molar refractivity (Wildman–Crippen MR) is 114 cm³/mol. The number of carbonyl (C=O) groups excluding carboxylic acids is 1. The zero-order chi connectivity index (χ0) is 20.5. The number of aryl methyl sites for hydroxylation is 2. The van der Waals surface area contributed by atoms with Gasteiger partial charge < -0.3 is 5.32 Å². The van der Waals surface area contributed by atoms with Gasteiger partial charge in [-0.2, -0.15) is 0 Å². The Balaban J connectivity index is 1.54. The Kier molecular flexibility index (Phi) is 4.85. The van der Waals surface area contributed by atoms with E-state index in [0.29, 0.717) is 10.5 Å². The van der Waals surface area contributed by atoms with Crippen LogP contribution in [-0.4, -0.2) is 20.7 Å². The third-order valence-electron chi connectivity index (χ3n) is 4.74. The van der Waals surface area contributed by atoms with Crippen molar-refractivity contribution in [3.8, 4) is 11.3 Å². The molecule has 0 atom stereocenters. The van der Waals surface area contributed by atoms with Crippen molar-refractivity contribution in [1.29, 1.82) is 0 Å². The molecule has 0 aliphatic heterocycles. The van der Waals surface area contributed by atoms with Gasteiger partial charge in [0.05, 0.1) is 16.5 Å². The molecule has 0 aliphatic rings. The third-order valence-corrected chi connectivity index (χ3v) is 5.50. The van der Waals surface area contributed by atoms with Crippen LogP contribution < -0.4 is 16.4 Å². The number of aromatic amines is 1. The van der Waals surface area contributed by atoms with Crippen molar-refractivity contribution in [2.75, 3.05) is 5.32 Å². The highest BCUT2D eigenvalue weighted by atomic mass is 32.1. The summed E-state index contributed by atoms with van der Waals surface area (Å²) in [4.78, 5) is 41.5. The molecule has 0 bridgehead atoms. The summed E-state index contributed by atoms with van der Waals surface area (Å²) in [6.45, 7) is 3.78. The van der Waals surface area contributed by atoms with Gasteiger partial charge in [0.2, 0.25) is 5.91 Å². The van der Waals surface area contributed by atoms with Crippen LogP contribution in [0.3, 0.4) is 0 Å². The number of benzene rings is 2. The van der Waals surface area contributed by atoms with Crippen LogP contribution in [0.15, 0.2) is 57.4 Å². The molecule has 0 spiro atoms. The first-order valence-electron chi connectivity index (χ1n) is 8.97. The molecule has 1 amide bonds. The van der Waals surface area contributed by atoms with Gasteiger partial charge in [-0.25, -0.2) is 9.67 Å². The second kappa shape index (κ2) is 7.48. The maximum Gasteiger partial charge on any atom is 0.273 e. The molecule has 4 rings (SSSR count). The second-order valence-corrected chi connectivity index (χ2v) is 7.62. The zero-order valence-electron chi connectivity index (χ0n) is 15.9. The number of amides is 1. The lowest BCUT2D eigenvalue weighted by Crippen LogP contribution is -2.34. The van der Waals surface area contributed by atoms with E-state index in [-0.39, 0.29) is 11.9 Å². The van der Waals surface area contributed by atoms with Crippen molar-refractivity contribution >= 4 is 33.1 Å². The van der Waals surface area contributed by atoms with Gasteiger partial charge in [-0.15, -0.1) is 11.3 Å². The summed E-state index contributed by atoms with van der Waals surface area (Å²) < 4.78 is 1.01. The fourth-order valence-corrected chi connectivity index (χ4v) is 3.76. The third kappa shape index (κ3) is 3.74. The Morgan fingerprint density at radius 2 is 1.86 bits per heavy atom. The van der Waals surface area contributed by atoms with Crippen LogP contribution in [0.5, 0.6) is 0 Å². The fraction of sp³-hybridized carbons (Fsp3) is 0.143. The molecule has 0 fully saturated rings. The van der Waals surface area contributed by atoms with E-state index in [1.54, 1.807) is 24.3 Å². The van der Waals surface area contributed by atoms with Crippen LogP contribution in [0.1, 0.15) is 11.1 Å². The number of carbonyl (C=O) groups is 1. The number of hydrogen-bond acceptors (Lipinski definition) is 5. The fourth-order valence-electron chi connectivity index (χ4n) is 3.02. The summed E-state index contributed by atoms with van der Waals surface area (Å²) in [7, 11) is 0. The van der Waals surface area contributed by atoms with Gasteiger partial charge in [0.15, 0.2) is 5.13 Å². The maximum atomic E-state index is 12.5. The molecule has 8 heteroatoms. The molecule has 0 saturated heterocycles. The van der Waals surface area contributed by atoms with Gasteiger partial charge in [-0.1, -0.05) is 24.3 Å². The molecule has 2 heterocycles. The van der Waals surface area contributed by atoms with Gasteiger partial charge in [-0.05, 0) is 43.2 Å². The minimum absolute atomic E-state index is 0.273. The molecular formula is C21H18N4O3S. The second-order valence-electron chi connectivity index (χ2n) is 6.76. The molecule has 2 aromatic heterocycles. The summed E-state index contributed by atoms with van der Waals surface area (Å²) in [5, 5.41) is 8.00. The summed E-state index contributed by atoms with van der Waals surface area (Å²) in [6.07, 6.45) is 0. The summed E-state index contributed by atoms with van der Waals surface area (Å²) >= 11 is 1.30. The molecule has 0 unspecified atom stereocenters. The molecule has 0 saturated carbocycles. The summed E-state index contributed by atoms with van der Waals surface area (Å²) in [5.41, 5.74) is 3.27. The first-order valence-corrected chi connectivity index (χ1v) is 9.85. The number of aromatic nitrogens is 3. The Hall–Kier alpha value is -3.52. The number of anilines is 1. The van der Waals surface area contributed by atoms with Gasteiger partial charge in [-0.3, -0.25) is 19.5 Å². The molecule has 29 heavy (non-hydrogen) atoms. The van der Waals surface area contributed by atoms with E-state index in [9.17, 15) is 14.4 Å². The van der Waals surface area contributed by atoms with E-state index in [1.165, 1.54) is 22.5 Å². The van der Waals surface area contributed by atoms with Crippen molar-refractivity contribution in [1.82, 2.24) is 14.8 Å². The SMILES string of the molecule is Cc1ccc(-c2csc(NC(=O)Cn3[nH]c(=O)c4ccccc4c3=O)n2)cc1C. The number of rotatable bonds is 4. The molecule has 7 nitrogen and oxygen atoms in total. The number of nitrogens with one attached hydrogen (secondary N) is 2. The maximum absolute atomic E-state index is 12.5. The minimum Gasteiger partial charge on any atom is -0.300 e. The topological polar surface area (TPSA) is 96.9 Å². The molecule has 4 aromatic rings. The molecule has 146 valence electrons. The van der Waals surface area contributed by atoms with E-state index >= 15 is 0 Å². The Bertz CT molecular complexity index is 1350. The van der Waals surface area contributed by atoms with Gasteiger partial charge >= 0.3 is 0 Å². The van der Waals surface area contributed by atoms with E-state index in [0.717, 1.165) is 15.9 Å². The average Bonchev–Trinajstić information content (AvgIpc) is 3.16. The van der Waals surface area contributed by atoms with Crippen LogP contribution in [-0.2, 0) is 11.3 Å². The highest BCUT2D eigenvalue weighted by Crippen LogP contribution is 2.26. The highest BCUT2D eigenvalue weighted by molar-refractivity contribution is 7.14. The highest BCUT2D eigenvalue weighted by Gasteiger charge is 2.12. The first-order chi connectivity index (χ1) is 13.9. The van der Waals surface area contributed by atoms with Crippen LogP contribution in [0, 0.1) is 13.8 Å². The normalized spacial score (nSPS) is 11.0. The van der Waals surface area contributed by atoms with Crippen LogP contribution in [0.2, 0.25) is 0 Å².